The van der Waals surface area contributed by atoms with Crippen molar-refractivity contribution in [3.05, 3.63) is 24.3 Å². The molecule has 0 spiro atoms. The maximum Gasteiger partial charge on any atom is 0.322 e. The van der Waals surface area contributed by atoms with Gasteiger partial charge in [0.2, 0.25) is 0 Å². The topological polar surface area (TPSA) is 42.0 Å². The van der Waals surface area contributed by atoms with Gasteiger partial charge in [-0.15, -0.1) is 0 Å². The number of esters is 1. The van der Waals surface area contributed by atoms with E-state index in [0.29, 0.717) is 0 Å². The van der Waals surface area contributed by atoms with Gasteiger partial charge in [-0.05, 0) is 19.1 Å². The number of ether oxygens (including phenoxy) is 2. The number of piperazine rings is 1. The zero-order valence-electron chi connectivity index (χ0n) is 12.3. The van der Waals surface area contributed by atoms with Gasteiger partial charge in [-0.2, -0.15) is 0 Å². The molecule has 0 saturated carbocycles. The third kappa shape index (κ3) is 3.22. The SMILES string of the molecule is COC(=O)[C@@H](C)N1CCN(c2cccc(OC)c2)CC1. The minimum absolute atomic E-state index is 0.167. The summed E-state index contributed by atoms with van der Waals surface area (Å²) >= 11 is 0. The van der Waals surface area contributed by atoms with E-state index in [1.807, 2.05) is 25.1 Å². The van der Waals surface area contributed by atoms with Crippen LogP contribution in [0.5, 0.6) is 5.75 Å². The van der Waals surface area contributed by atoms with Crippen molar-refractivity contribution >= 4 is 11.7 Å². The first-order valence-electron chi connectivity index (χ1n) is 6.86. The Hall–Kier alpha value is -1.75. The molecule has 0 bridgehead atoms. The molecule has 1 aliphatic rings. The van der Waals surface area contributed by atoms with E-state index in [1.54, 1.807) is 7.11 Å². The monoisotopic (exact) mass is 278 g/mol. The quantitative estimate of drug-likeness (QED) is 0.778. The highest BCUT2D eigenvalue weighted by molar-refractivity contribution is 5.75. The molecule has 5 nitrogen and oxygen atoms in total. The van der Waals surface area contributed by atoms with Crippen molar-refractivity contribution < 1.29 is 14.3 Å². The van der Waals surface area contributed by atoms with E-state index in [9.17, 15) is 4.79 Å². The molecule has 1 saturated heterocycles. The van der Waals surface area contributed by atoms with Crippen LogP contribution in [0.25, 0.3) is 0 Å². The Balaban J connectivity index is 1.95. The number of benzene rings is 1. The summed E-state index contributed by atoms with van der Waals surface area (Å²) in [6, 6.07) is 7.89. The van der Waals surface area contributed by atoms with Crippen LogP contribution in [0.3, 0.4) is 0 Å². The third-order valence-electron chi connectivity index (χ3n) is 3.82. The summed E-state index contributed by atoms with van der Waals surface area (Å²) in [6.07, 6.45) is 0. The van der Waals surface area contributed by atoms with Gasteiger partial charge in [-0.25, -0.2) is 0 Å². The summed E-state index contributed by atoms with van der Waals surface area (Å²) in [5.74, 6) is 0.702. The second-order valence-corrected chi connectivity index (χ2v) is 4.92. The minimum Gasteiger partial charge on any atom is -0.497 e. The van der Waals surface area contributed by atoms with Crippen LogP contribution in [0, 0.1) is 0 Å². The first-order valence-corrected chi connectivity index (χ1v) is 6.86. The molecule has 0 aliphatic carbocycles. The Morgan fingerprint density at radius 1 is 1.20 bits per heavy atom. The number of methoxy groups -OCH3 is 2. The molecule has 1 aromatic carbocycles. The van der Waals surface area contributed by atoms with Gasteiger partial charge in [0.15, 0.2) is 0 Å². The Morgan fingerprint density at radius 2 is 1.90 bits per heavy atom. The van der Waals surface area contributed by atoms with Crippen molar-refractivity contribution in [3.63, 3.8) is 0 Å². The Kier molecular flexibility index (Phi) is 4.84. The highest BCUT2D eigenvalue weighted by Crippen LogP contribution is 2.22. The van der Waals surface area contributed by atoms with Crippen LogP contribution in [0.2, 0.25) is 0 Å². The second-order valence-electron chi connectivity index (χ2n) is 4.92. The highest BCUT2D eigenvalue weighted by atomic mass is 16.5. The lowest BCUT2D eigenvalue weighted by molar-refractivity contribution is -0.146. The standard InChI is InChI=1S/C15H22N2O3/c1-12(15(18)20-3)16-7-9-17(10-8-16)13-5-4-6-14(11-13)19-2/h4-6,11-12H,7-10H2,1-3H3/t12-/m1/s1. The molecule has 0 N–H and O–H groups in total. The maximum atomic E-state index is 11.6. The van der Waals surface area contributed by atoms with Crippen molar-refractivity contribution in [2.45, 2.75) is 13.0 Å². The molecule has 0 radical (unpaired) electrons. The first kappa shape index (κ1) is 14.7. The zero-order valence-corrected chi connectivity index (χ0v) is 12.3. The first-order chi connectivity index (χ1) is 9.65. The average Bonchev–Trinajstić information content (AvgIpc) is 2.53. The predicted molar refractivity (Wildman–Crippen MR) is 78.3 cm³/mol. The van der Waals surface area contributed by atoms with Gasteiger partial charge >= 0.3 is 5.97 Å². The Labute approximate surface area is 120 Å². The van der Waals surface area contributed by atoms with Crippen LogP contribution in [0.15, 0.2) is 24.3 Å². The number of anilines is 1. The molecule has 1 aromatic rings. The van der Waals surface area contributed by atoms with Crippen molar-refractivity contribution in [3.8, 4) is 5.75 Å². The van der Waals surface area contributed by atoms with Crippen LogP contribution >= 0.6 is 0 Å². The fourth-order valence-electron chi connectivity index (χ4n) is 2.49. The second kappa shape index (κ2) is 6.61. The molecule has 1 atom stereocenters. The van der Waals surface area contributed by atoms with Gasteiger partial charge in [0.25, 0.3) is 0 Å². The third-order valence-corrected chi connectivity index (χ3v) is 3.82. The number of rotatable bonds is 4. The molecule has 2 rings (SSSR count). The van der Waals surface area contributed by atoms with Gasteiger partial charge in [0, 0.05) is 37.9 Å². The van der Waals surface area contributed by atoms with Gasteiger partial charge < -0.3 is 14.4 Å². The molecule has 0 aromatic heterocycles. The Morgan fingerprint density at radius 3 is 2.50 bits per heavy atom. The number of hydrogen-bond acceptors (Lipinski definition) is 5. The van der Waals surface area contributed by atoms with Crippen molar-refractivity contribution in [2.24, 2.45) is 0 Å². The highest BCUT2D eigenvalue weighted by Gasteiger charge is 2.26. The van der Waals surface area contributed by atoms with E-state index >= 15 is 0 Å². The van der Waals surface area contributed by atoms with E-state index in [1.165, 1.54) is 7.11 Å². The molecule has 20 heavy (non-hydrogen) atoms. The van der Waals surface area contributed by atoms with Gasteiger partial charge in [0.05, 0.1) is 14.2 Å². The lowest BCUT2D eigenvalue weighted by Crippen LogP contribution is -2.52. The van der Waals surface area contributed by atoms with Crippen molar-refractivity contribution in [1.29, 1.82) is 0 Å². The Bertz CT molecular complexity index is 456. The molecule has 1 fully saturated rings. The van der Waals surface area contributed by atoms with E-state index < -0.39 is 0 Å². The molecular weight excluding hydrogens is 256 g/mol. The lowest BCUT2D eigenvalue weighted by Gasteiger charge is -2.38. The zero-order chi connectivity index (χ0) is 14.5. The smallest absolute Gasteiger partial charge is 0.322 e. The fourth-order valence-corrected chi connectivity index (χ4v) is 2.49. The molecular formula is C15H22N2O3. The van der Waals surface area contributed by atoms with E-state index in [-0.39, 0.29) is 12.0 Å². The number of hydrogen-bond donors (Lipinski definition) is 0. The maximum absolute atomic E-state index is 11.6. The summed E-state index contributed by atoms with van der Waals surface area (Å²) in [4.78, 5) is 16.0. The van der Waals surface area contributed by atoms with Crippen molar-refractivity contribution in [1.82, 2.24) is 4.90 Å². The van der Waals surface area contributed by atoms with E-state index in [0.717, 1.165) is 37.6 Å². The summed E-state index contributed by atoms with van der Waals surface area (Å²) < 4.78 is 10.0. The van der Waals surface area contributed by atoms with Crippen LogP contribution < -0.4 is 9.64 Å². The number of carbonyl (C=O) groups is 1. The lowest BCUT2D eigenvalue weighted by atomic mass is 10.2. The molecule has 110 valence electrons. The minimum atomic E-state index is -0.174. The summed E-state index contributed by atoms with van der Waals surface area (Å²) in [6.45, 7) is 5.40. The van der Waals surface area contributed by atoms with Crippen LogP contribution in [-0.2, 0) is 9.53 Å². The van der Waals surface area contributed by atoms with Gasteiger partial charge in [-0.1, -0.05) is 6.07 Å². The molecule has 5 heteroatoms. The average molecular weight is 278 g/mol. The normalized spacial score (nSPS) is 17.6. The van der Waals surface area contributed by atoms with Crippen LogP contribution in [-0.4, -0.2) is 57.3 Å². The molecule has 1 heterocycles. The molecule has 0 amide bonds. The largest absolute Gasteiger partial charge is 0.497 e. The summed E-state index contributed by atoms with van der Waals surface area (Å²) in [7, 11) is 3.11. The fraction of sp³-hybridized carbons (Fsp3) is 0.533. The molecule has 0 unspecified atom stereocenters. The number of nitrogens with zero attached hydrogens (tertiary/aromatic N) is 2. The summed E-state index contributed by atoms with van der Waals surface area (Å²) in [5, 5.41) is 0. The van der Waals surface area contributed by atoms with Crippen LogP contribution in [0.4, 0.5) is 5.69 Å². The predicted octanol–water partition coefficient (Wildman–Crippen LogP) is 1.38. The van der Waals surface area contributed by atoms with Crippen LogP contribution in [0.1, 0.15) is 6.92 Å². The van der Waals surface area contributed by atoms with Crippen molar-refractivity contribution in [2.75, 3.05) is 45.3 Å². The van der Waals surface area contributed by atoms with Gasteiger partial charge in [0.1, 0.15) is 11.8 Å². The molecule has 1 aliphatic heterocycles. The van der Waals surface area contributed by atoms with Gasteiger partial charge in [-0.3, -0.25) is 9.69 Å². The van der Waals surface area contributed by atoms with E-state index in [4.69, 9.17) is 9.47 Å². The summed E-state index contributed by atoms with van der Waals surface area (Å²) in [5.41, 5.74) is 1.16. The van der Waals surface area contributed by atoms with E-state index in [2.05, 4.69) is 15.9 Å². The number of carbonyl (C=O) groups excluding carboxylic acids is 1.